The van der Waals surface area contributed by atoms with Crippen molar-refractivity contribution in [3.8, 4) is 5.75 Å². The Labute approximate surface area is 136 Å². The molecule has 23 heavy (non-hydrogen) atoms. The average molecular weight is 311 g/mol. The van der Waals surface area contributed by atoms with Crippen LogP contribution in [-0.4, -0.2) is 33.9 Å². The quantitative estimate of drug-likeness (QED) is 0.851. The largest absolute Gasteiger partial charge is 0.494 e. The van der Waals surface area contributed by atoms with E-state index in [4.69, 9.17) is 4.74 Å². The Morgan fingerprint density at radius 1 is 1.35 bits per heavy atom. The number of ether oxygens (including phenoxy) is 1. The van der Waals surface area contributed by atoms with Crippen LogP contribution >= 0.6 is 0 Å². The van der Waals surface area contributed by atoms with Crippen molar-refractivity contribution in [3.05, 3.63) is 53.6 Å². The lowest BCUT2D eigenvalue weighted by Crippen LogP contribution is -2.36. The van der Waals surface area contributed by atoms with Crippen molar-refractivity contribution in [1.29, 1.82) is 0 Å². The number of hydrogen-bond donors (Lipinski definition) is 0. The Morgan fingerprint density at radius 3 is 3.09 bits per heavy atom. The number of fused-ring (bicyclic) bond motifs is 1. The SMILES string of the molecule is CCOc1ccccc1CCC(=O)N1CCc2ncncc2C1. The monoisotopic (exact) mass is 311 g/mol. The van der Waals surface area contributed by atoms with E-state index in [2.05, 4.69) is 9.97 Å². The molecule has 120 valence electrons. The number of amides is 1. The first-order chi connectivity index (χ1) is 11.3. The molecule has 1 amide bonds. The van der Waals surface area contributed by atoms with Gasteiger partial charge in [0.15, 0.2) is 0 Å². The van der Waals surface area contributed by atoms with Gasteiger partial charge in [-0.25, -0.2) is 9.97 Å². The summed E-state index contributed by atoms with van der Waals surface area (Å²) in [4.78, 5) is 22.7. The predicted octanol–water partition coefficient (Wildman–Crippen LogP) is 2.39. The molecule has 0 saturated heterocycles. The zero-order valence-electron chi connectivity index (χ0n) is 13.4. The number of carbonyl (C=O) groups is 1. The van der Waals surface area contributed by atoms with Crippen molar-refractivity contribution in [3.63, 3.8) is 0 Å². The lowest BCUT2D eigenvalue weighted by atomic mass is 10.0. The van der Waals surface area contributed by atoms with Gasteiger partial charge in [0.1, 0.15) is 12.1 Å². The van der Waals surface area contributed by atoms with Gasteiger partial charge in [0.05, 0.1) is 12.3 Å². The van der Waals surface area contributed by atoms with Gasteiger partial charge in [-0.3, -0.25) is 4.79 Å². The third-order valence-electron chi connectivity index (χ3n) is 4.09. The predicted molar refractivity (Wildman–Crippen MR) is 87.1 cm³/mol. The number of nitrogens with zero attached hydrogens (tertiary/aromatic N) is 3. The van der Waals surface area contributed by atoms with Crippen LogP contribution in [-0.2, 0) is 24.2 Å². The molecule has 0 atom stereocenters. The van der Waals surface area contributed by atoms with Crippen LogP contribution in [0, 0.1) is 0 Å². The third kappa shape index (κ3) is 3.67. The lowest BCUT2D eigenvalue weighted by Gasteiger charge is -2.28. The molecule has 5 heteroatoms. The minimum absolute atomic E-state index is 0.172. The fourth-order valence-corrected chi connectivity index (χ4v) is 2.89. The zero-order chi connectivity index (χ0) is 16.1. The van der Waals surface area contributed by atoms with E-state index in [1.165, 1.54) is 0 Å². The van der Waals surface area contributed by atoms with Gasteiger partial charge in [0.25, 0.3) is 0 Å². The van der Waals surface area contributed by atoms with Gasteiger partial charge in [-0.15, -0.1) is 0 Å². The molecular weight excluding hydrogens is 290 g/mol. The second-order valence-electron chi connectivity index (χ2n) is 5.60. The van der Waals surface area contributed by atoms with Crippen LogP contribution in [0.1, 0.15) is 30.2 Å². The van der Waals surface area contributed by atoms with E-state index >= 15 is 0 Å². The minimum Gasteiger partial charge on any atom is -0.494 e. The Bertz CT molecular complexity index is 687. The Kier molecular flexibility index (Phi) is 4.86. The average Bonchev–Trinajstić information content (AvgIpc) is 2.60. The molecule has 2 aromatic rings. The Balaban J connectivity index is 1.60. The standard InChI is InChI=1S/C18H21N3O2/c1-2-23-17-6-4-3-5-14(17)7-8-18(22)21-10-9-16-15(12-21)11-19-13-20-16/h3-6,11,13H,2,7-10,12H2,1H3. The van der Waals surface area contributed by atoms with E-state index < -0.39 is 0 Å². The highest BCUT2D eigenvalue weighted by Gasteiger charge is 2.21. The summed E-state index contributed by atoms with van der Waals surface area (Å²) in [5.74, 6) is 1.05. The Morgan fingerprint density at radius 2 is 2.22 bits per heavy atom. The van der Waals surface area contributed by atoms with Gasteiger partial charge in [0.2, 0.25) is 5.91 Å². The van der Waals surface area contributed by atoms with Crippen LogP contribution in [0.3, 0.4) is 0 Å². The second kappa shape index (κ2) is 7.22. The number of rotatable bonds is 5. The normalized spacial score (nSPS) is 13.5. The molecule has 0 saturated carbocycles. The van der Waals surface area contributed by atoms with Crippen molar-refractivity contribution < 1.29 is 9.53 Å². The van der Waals surface area contributed by atoms with Gasteiger partial charge in [-0.05, 0) is 25.0 Å². The molecule has 2 heterocycles. The molecule has 0 bridgehead atoms. The van der Waals surface area contributed by atoms with Gasteiger partial charge in [-0.1, -0.05) is 18.2 Å². The first kappa shape index (κ1) is 15.5. The van der Waals surface area contributed by atoms with E-state index in [1.54, 1.807) is 6.33 Å². The molecule has 1 aliphatic heterocycles. The number of para-hydroxylation sites is 1. The number of benzene rings is 1. The van der Waals surface area contributed by atoms with Crippen LogP contribution < -0.4 is 4.74 Å². The Hall–Kier alpha value is -2.43. The second-order valence-corrected chi connectivity index (χ2v) is 5.60. The van der Waals surface area contributed by atoms with Crippen LogP contribution in [0.4, 0.5) is 0 Å². The summed E-state index contributed by atoms with van der Waals surface area (Å²) in [5.41, 5.74) is 3.20. The van der Waals surface area contributed by atoms with Crippen LogP contribution in [0.25, 0.3) is 0 Å². The summed E-state index contributed by atoms with van der Waals surface area (Å²) >= 11 is 0. The van der Waals surface area contributed by atoms with Gasteiger partial charge >= 0.3 is 0 Å². The smallest absolute Gasteiger partial charge is 0.223 e. The summed E-state index contributed by atoms with van der Waals surface area (Å²) < 4.78 is 5.62. The molecule has 0 unspecified atom stereocenters. The maximum Gasteiger partial charge on any atom is 0.223 e. The third-order valence-corrected chi connectivity index (χ3v) is 4.09. The molecule has 0 fully saturated rings. The lowest BCUT2D eigenvalue weighted by molar-refractivity contribution is -0.132. The molecule has 3 rings (SSSR count). The van der Waals surface area contributed by atoms with Crippen molar-refractivity contribution in [2.45, 2.75) is 32.7 Å². The van der Waals surface area contributed by atoms with Gasteiger partial charge in [-0.2, -0.15) is 0 Å². The summed E-state index contributed by atoms with van der Waals surface area (Å²) in [5, 5.41) is 0. The first-order valence-electron chi connectivity index (χ1n) is 8.04. The van der Waals surface area contributed by atoms with Crippen LogP contribution in [0.2, 0.25) is 0 Å². The molecule has 0 aliphatic carbocycles. The highest BCUT2D eigenvalue weighted by Crippen LogP contribution is 2.21. The van der Waals surface area contributed by atoms with Crippen molar-refractivity contribution in [2.75, 3.05) is 13.2 Å². The topological polar surface area (TPSA) is 55.3 Å². The fraction of sp³-hybridized carbons (Fsp3) is 0.389. The van der Waals surface area contributed by atoms with E-state index in [0.29, 0.717) is 26.0 Å². The number of aromatic nitrogens is 2. The molecule has 5 nitrogen and oxygen atoms in total. The van der Waals surface area contributed by atoms with Gasteiger partial charge in [0, 0.05) is 37.7 Å². The molecule has 0 spiro atoms. The summed E-state index contributed by atoms with van der Waals surface area (Å²) in [6.45, 7) is 3.95. The minimum atomic E-state index is 0.172. The molecule has 1 aromatic carbocycles. The fourth-order valence-electron chi connectivity index (χ4n) is 2.89. The molecule has 0 N–H and O–H groups in total. The van der Waals surface area contributed by atoms with E-state index in [0.717, 1.165) is 35.5 Å². The number of aryl methyl sites for hydroxylation is 1. The maximum atomic E-state index is 12.5. The number of hydrogen-bond acceptors (Lipinski definition) is 4. The van der Waals surface area contributed by atoms with E-state index in [9.17, 15) is 4.79 Å². The highest BCUT2D eigenvalue weighted by molar-refractivity contribution is 5.76. The van der Waals surface area contributed by atoms with E-state index in [-0.39, 0.29) is 5.91 Å². The summed E-state index contributed by atoms with van der Waals surface area (Å²) in [7, 11) is 0. The van der Waals surface area contributed by atoms with Crippen molar-refractivity contribution >= 4 is 5.91 Å². The molecule has 1 aromatic heterocycles. The number of carbonyl (C=O) groups excluding carboxylic acids is 1. The zero-order valence-corrected chi connectivity index (χ0v) is 13.4. The summed E-state index contributed by atoms with van der Waals surface area (Å²) in [6, 6.07) is 7.92. The van der Waals surface area contributed by atoms with Crippen molar-refractivity contribution in [1.82, 2.24) is 14.9 Å². The highest BCUT2D eigenvalue weighted by atomic mass is 16.5. The molecular formula is C18H21N3O2. The maximum absolute atomic E-state index is 12.5. The van der Waals surface area contributed by atoms with E-state index in [1.807, 2.05) is 42.3 Å². The molecule has 0 radical (unpaired) electrons. The molecule has 1 aliphatic rings. The summed E-state index contributed by atoms with van der Waals surface area (Å²) in [6.07, 6.45) is 5.38. The van der Waals surface area contributed by atoms with Crippen LogP contribution in [0.15, 0.2) is 36.8 Å². The van der Waals surface area contributed by atoms with Crippen molar-refractivity contribution in [2.24, 2.45) is 0 Å². The van der Waals surface area contributed by atoms with Gasteiger partial charge < -0.3 is 9.64 Å². The first-order valence-corrected chi connectivity index (χ1v) is 8.04. The van der Waals surface area contributed by atoms with Crippen LogP contribution in [0.5, 0.6) is 5.75 Å².